The van der Waals surface area contributed by atoms with Gasteiger partial charge in [-0.3, -0.25) is 0 Å². The molecule has 0 saturated carbocycles. The van der Waals surface area contributed by atoms with E-state index >= 15 is 0 Å². The van der Waals surface area contributed by atoms with Crippen LogP contribution in [-0.4, -0.2) is 24.1 Å². The third-order valence-corrected chi connectivity index (χ3v) is 7.03. The summed E-state index contributed by atoms with van der Waals surface area (Å²) in [7, 11) is 0. The lowest BCUT2D eigenvalue weighted by molar-refractivity contribution is 0.0364. The number of hydrogen-bond donors (Lipinski definition) is 0. The van der Waals surface area contributed by atoms with Crippen LogP contribution in [0.25, 0.3) is 33.4 Å². The van der Waals surface area contributed by atoms with Crippen LogP contribution in [0.4, 0.5) is 0 Å². The van der Waals surface area contributed by atoms with Crippen molar-refractivity contribution in [2.45, 2.75) is 39.9 Å². The fraction of sp³-hybridized carbons (Fsp3) is 0.188. The summed E-state index contributed by atoms with van der Waals surface area (Å²) >= 11 is 7.28. The number of carbonyl (C=O) groups excluding carboxylic acids is 2. The highest BCUT2D eigenvalue weighted by molar-refractivity contribution is 9.10. The summed E-state index contributed by atoms with van der Waals surface area (Å²) in [5.74, 6) is -0.961. The summed E-state index contributed by atoms with van der Waals surface area (Å²) in [5.41, 5.74) is 5.54. The zero-order valence-electron chi connectivity index (χ0n) is 21.6. The SMILES string of the molecule is CC(C)OC(=O)c1c(Br)cc(-c2ccccc2)cc1-c1cc(-c2ccccc2)cc(Br)c1C(=O)OC(C)C. The smallest absolute Gasteiger partial charge is 0.340 e. The van der Waals surface area contributed by atoms with Gasteiger partial charge in [-0.25, -0.2) is 9.59 Å². The van der Waals surface area contributed by atoms with Crippen LogP contribution in [-0.2, 0) is 9.47 Å². The molecule has 4 aromatic rings. The average Bonchev–Trinajstić information content (AvgIpc) is 2.87. The van der Waals surface area contributed by atoms with Gasteiger partial charge in [0.1, 0.15) is 0 Å². The molecular formula is C32H28Br2O4. The quantitative estimate of drug-likeness (QED) is 0.190. The maximum absolute atomic E-state index is 13.4. The molecule has 0 aliphatic heterocycles. The van der Waals surface area contributed by atoms with Gasteiger partial charge in [0.05, 0.1) is 23.3 Å². The van der Waals surface area contributed by atoms with Crippen molar-refractivity contribution >= 4 is 43.8 Å². The van der Waals surface area contributed by atoms with E-state index in [4.69, 9.17) is 9.47 Å². The Labute approximate surface area is 240 Å². The number of halogens is 2. The van der Waals surface area contributed by atoms with E-state index < -0.39 is 11.9 Å². The van der Waals surface area contributed by atoms with Gasteiger partial charge in [0.25, 0.3) is 0 Å². The molecule has 0 aliphatic carbocycles. The Morgan fingerprint density at radius 2 is 0.895 bits per heavy atom. The minimum Gasteiger partial charge on any atom is -0.459 e. The van der Waals surface area contributed by atoms with Gasteiger partial charge in [-0.2, -0.15) is 0 Å². The van der Waals surface area contributed by atoms with E-state index in [9.17, 15) is 9.59 Å². The molecule has 0 heterocycles. The van der Waals surface area contributed by atoms with Crippen LogP contribution in [0.1, 0.15) is 48.4 Å². The average molecular weight is 636 g/mol. The Kier molecular flexibility index (Phi) is 8.85. The van der Waals surface area contributed by atoms with Gasteiger partial charge < -0.3 is 9.47 Å². The van der Waals surface area contributed by atoms with E-state index in [0.717, 1.165) is 22.3 Å². The fourth-order valence-corrected chi connectivity index (χ4v) is 5.44. The first-order valence-corrected chi connectivity index (χ1v) is 13.9. The maximum atomic E-state index is 13.4. The molecule has 4 rings (SSSR count). The molecule has 0 saturated heterocycles. The van der Waals surface area contributed by atoms with Gasteiger partial charge in [-0.05, 0) is 117 Å². The Hall–Kier alpha value is -3.22. The Bertz CT molecular complexity index is 1350. The van der Waals surface area contributed by atoms with Crippen molar-refractivity contribution in [3.8, 4) is 33.4 Å². The topological polar surface area (TPSA) is 52.6 Å². The number of carbonyl (C=O) groups is 2. The number of ether oxygens (including phenoxy) is 2. The van der Waals surface area contributed by atoms with Crippen LogP contribution in [0.3, 0.4) is 0 Å². The summed E-state index contributed by atoms with van der Waals surface area (Å²) in [6, 6.07) is 27.4. The van der Waals surface area contributed by atoms with Gasteiger partial charge in [0.15, 0.2) is 0 Å². The van der Waals surface area contributed by atoms with Crippen LogP contribution < -0.4 is 0 Å². The van der Waals surface area contributed by atoms with Crippen LogP contribution in [0.2, 0.25) is 0 Å². The predicted molar refractivity (Wildman–Crippen MR) is 159 cm³/mol. The molecule has 0 bridgehead atoms. The van der Waals surface area contributed by atoms with Crippen LogP contribution in [0.15, 0.2) is 93.9 Å². The van der Waals surface area contributed by atoms with Crippen LogP contribution in [0.5, 0.6) is 0 Å². The third-order valence-electron chi connectivity index (χ3n) is 5.78. The Morgan fingerprint density at radius 1 is 0.553 bits per heavy atom. The van der Waals surface area contributed by atoms with Crippen molar-refractivity contribution < 1.29 is 19.1 Å². The fourth-order valence-electron chi connectivity index (χ4n) is 4.19. The molecule has 0 N–H and O–H groups in total. The molecule has 0 spiro atoms. The second kappa shape index (κ2) is 12.1. The van der Waals surface area contributed by atoms with E-state index in [2.05, 4.69) is 31.9 Å². The highest BCUT2D eigenvalue weighted by atomic mass is 79.9. The Morgan fingerprint density at radius 3 is 1.21 bits per heavy atom. The molecule has 4 nitrogen and oxygen atoms in total. The number of benzene rings is 4. The largest absolute Gasteiger partial charge is 0.459 e. The molecule has 0 aliphatic rings. The first-order chi connectivity index (χ1) is 18.2. The zero-order valence-corrected chi connectivity index (χ0v) is 24.8. The van der Waals surface area contributed by atoms with Crippen LogP contribution in [0, 0.1) is 0 Å². The third kappa shape index (κ3) is 6.25. The lowest BCUT2D eigenvalue weighted by atomic mass is 9.89. The number of esters is 2. The first kappa shape index (κ1) is 27.8. The normalized spacial score (nSPS) is 11.1. The summed E-state index contributed by atoms with van der Waals surface area (Å²) in [6.07, 6.45) is -0.632. The van der Waals surface area contributed by atoms with Crippen molar-refractivity contribution in [3.63, 3.8) is 0 Å². The monoisotopic (exact) mass is 634 g/mol. The molecule has 6 heteroatoms. The van der Waals surface area contributed by atoms with Crippen molar-refractivity contribution in [3.05, 3.63) is 105 Å². The highest BCUT2D eigenvalue weighted by Gasteiger charge is 2.27. The van der Waals surface area contributed by atoms with Gasteiger partial charge >= 0.3 is 11.9 Å². The first-order valence-electron chi connectivity index (χ1n) is 12.4. The van der Waals surface area contributed by atoms with Crippen LogP contribution >= 0.6 is 31.9 Å². The van der Waals surface area contributed by atoms with Gasteiger partial charge in [-0.15, -0.1) is 0 Å². The summed E-state index contributed by atoms with van der Waals surface area (Å²) in [4.78, 5) is 26.9. The minimum absolute atomic E-state index is 0.316. The lowest BCUT2D eigenvalue weighted by Crippen LogP contribution is -2.16. The minimum atomic E-state index is -0.481. The molecule has 0 amide bonds. The van der Waals surface area contributed by atoms with E-state index in [1.54, 1.807) is 0 Å². The van der Waals surface area contributed by atoms with Crippen molar-refractivity contribution in [2.24, 2.45) is 0 Å². The summed E-state index contributed by atoms with van der Waals surface area (Å²) in [6.45, 7) is 7.23. The molecule has 38 heavy (non-hydrogen) atoms. The standard InChI is InChI=1S/C32H28Br2O4/c1-19(2)37-31(35)29-25(15-23(17-27(29)33)21-11-7-5-8-12-21)26-16-24(22-13-9-6-10-14-22)18-28(34)30(26)32(36)38-20(3)4/h5-20H,1-4H3. The zero-order chi connectivity index (χ0) is 27.4. The second-order valence-corrected chi connectivity index (χ2v) is 11.1. The summed E-state index contributed by atoms with van der Waals surface area (Å²) in [5, 5.41) is 0. The molecule has 0 fully saturated rings. The lowest BCUT2D eigenvalue weighted by Gasteiger charge is -2.20. The molecule has 4 aromatic carbocycles. The highest BCUT2D eigenvalue weighted by Crippen LogP contribution is 2.41. The second-order valence-electron chi connectivity index (χ2n) is 9.40. The van der Waals surface area contributed by atoms with E-state index in [1.165, 1.54) is 0 Å². The van der Waals surface area contributed by atoms with Gasteiger partial charge in [0, 0.05) is 8.95 Å². The maximum Gasteiger partial charge on any atom is 0.340 e. The molecule has 0 atom stereocenters. The van der Waals surface area contributed by atoms with Crippen molar-refractivity contribution in [2.75, 3.05) is 0 Å². The molecular weight excluding hydrogens is 608 g/mol. The van der Waals surface area contributed by atoms with E-state index in [-0.39, 0.29) is 12.2 Å². The molecule has 0 aromatic heterocycles. The van der Waals surface area contributed by atoms with Crippen molar-refractivity contribution in [1.29, 1.82) is 0 Å². The molecule has 0 unspecified atom stereocenters. The number of rotatable bonds is 7. The molecule has 194 valence electrons. The van der Waals surface area contributed by atoms with E-state index in [0.29, 0.717) is 31.2 Å². The summed E-state index contributed by atoms with van der Waals surface area (Å²) < 4.78 is 12.4. The van der Waals surface area contributed by atoms with E-state index in [1.807, 2.05) is 113 Å². The predicted octanol–water partition coefficient (Wildman–Crippen LogP) is 9.34. The number of hydrogen-bond acceptors (Lipinski definition) is 4. The Balaban J connectivity index is 2.07. The molecule has 0 radical (unpaired) electrons. The van der Waals surface area contributed by atoms with Gasteiger partial charge in [0.2, 0.25) is 0 Å². The van der Waals surface area contributed by atoms with Gasteiger partial charge in [-0.1, -0.05) is 60.7 Å². The van der Waals surface area contributed by atoms with Crippen molar-refractivity contribution in [1.82, 2.24) is 0 Å².